The molecule has 1 atom stereocenters. The second-order valence-electron chi connectivity index (χ2n) is 6.11. The van der Waals surface area contributed by atoms with Crippen molar-refractivity contribution in [3.05, 3.63) is 61.1 Å². The minimum Gasteiger partial charge on any atom is -0.314 e. The Bertz CT molecular complexity index is 907. The van der Waals surface area contributed by atoms with Gasteiger partial charge in [0.15, 0.2) is 5.69 Å². The molecule has 3 amide bonds. The van der Waals surface area contributed by atoms with Crippen LogP contribution in [0, 0.1) is 0 Å². The van der Waals surface area contributed by atoms with Crippen molar-refractivity contribution in [3.63, 3.8) is 0 Å². The molecule has 0 saturated carbocycles. The third-order valence-electron chi connectivity index (χ3n) is 4.26. The second-order valence-corrected chi connectivity index (χ2v) is 6.11. The summed E-state index contributed by atoms with van der Waals surface area (Å²) in [6.45, 7) is 4.82. The van der Waals surface area contributed by atoms with Crippen LogP contribution in [0.3, 0.4) is 0 Å². The first-order valence-corrected chi connectivity index (χ1v) is 8.47. The normalized spacial score (nSPS) is 18.4. The van der Waals surface area contributed by atoms with Crippen LogP contribution >= 0.6 is 0 Å². The van der Waals surface area contributed by atoms with E-state index in [1.807, 2.05) is 6.08 Å². The molecule has 1 N–H and O–H groups in total. The summed E-state index contributed by atoms with van der Waals surface area (Å²) in [5.74, 6) is 0.109. The lowest BCUT2D eigenvalue weighted by molar-refractivity contribution is -0.107. The Morgan fingerprint density at radius 3 is 3.07 bits per heavy atom. The number of aromatic nitrogens is 3. The van der Waals surface area contributed by atoms with E-state index in [2.05, 4.69) is 22.0 Å². The largest absolute Gasteiger partial charge is 0.345 e. The molecule has 2 bridgehead atoms. The van der Waals surface area contributed by atoms with Crippen molar-refractivity contribution in [2.75, 3.05) is 25.0 Å². The van der Waals surface area contributed by atoms with Gasteiger partial charge in [-0.2, -0.15) is 10.2 Å². The Labute approximate surface area is 155 Å². The van der Waals surface area contributed by atoms with Crippen molar-refractivity contribution in [3.8, 4) is 0 Å². The third-order valence-corrected chi connectivity index (χ3v) is 4.26. The smallest absolute Gasteiger partial charge is 0.314 e. The van der Waals surface area contributed by atoms with E-state index in [1.165, 1.54) is 5.06 Å². The van der Waals surface area contributed by atoms with E-state index < -0.39 is 0 Å². The number of carbonyl (C=O) groups is 2. The Morgan fingerprint density at radius 2 is 2.30 bits per heavy atom. The quantitative estimate of drug-likeness (QED) is 0.784. The highest BCUT2D eigenvalue weighted by atomic mass is 16.7. The number of hydrogen-bond donors (Lipinski definition) is 1. The van der Waals surface area contributed by atoms with Crippen LogP contribution in [-0.2, 0) is 4.84 Å². The number of hydroxylamine groups is 2. The van der Waals surface area contributed by atoms with Crippen molar-refractivity contribution >= 4 is 23.5 Å². The molecule has 0 radical (unpaired) electrons. The standard InChI is InChI=1S/C18H18N6O3/c1-2-9-27-24-14-10-13(11-22(12-14)18(24)26)23-8-6-15(21-23)17(25)20-16-5-3-4-7-19-16/h2-8,10,14H,1,9,11-12H2,(H,19,20,25). The average molecular weight is 366 g/mol. The van der Waals surface area contributed by atoms with Crippen LogP contribution in [0.5, 0.6) is 0 Å². The number of urea groups is 1. The lowest BCUT2D eigenvalue weighted by Crippen LogP contribution is -2.33. The molecule has 2 aliphatic rings. The van der Waals surface area contributed by atoms with Crippen molar-refractivity contribution < 1.29 is 14.4 Å². The molecule has 2 aliphatic heterocycles. The molecule has 138 valence electrons. The van der Waals surface area contributed by atoms with E-state index in [1.54, 1.807) is 52.3 Å². The van der Waals surface area contributed by atoms with Crippen LogP contribution in [0.2, 0.25) is 0 Å². The van der Waals surface area contributed by atoms with Crippen molar-refractivity contribution in [1.82, 2.24) is 24.7 Å². The number of amides is 3. The summed E-state index contributed by atoms with van der Waals surface area (Å²) >= 11 is 0. The van der Waals surface area contributed by atoms with E-state index in [0.717, 1.165) is 5.70 Å². The summed E-state index contributed by atoms with van der Waals surface area (Å²) in [5, 5.41) is 8.38. The summed E-state index contributed by atoms with van der Waals surface area (Å²) in [6.07, 6.45) is 6.82. The zero-order valence-electron chi connectivity index (χ0n) is 14.5. The van der Waals surface area contributed by atoms with E-state index in [0.29, 0.717) is 18.9 Å². The number of fused-ring (bicyclic) bond motifs is 2. The van der Waals surface area contributed by atoms with Gasteiger partial charge in [0.2, 0.25) is 0 Å². The fourth-order valence-electron chi connectivity index (χ4n) is 3.04. The number of anilines is 1. The van der Waals surface area contributed by atoms with Crippen molar-refractivity contribution in [2.45, 2.75) is 6.04 Å². The van der Waals surface area contributed by atoms with Crippen molar-refractivity contribution in [2.24, 2.45) is 0 Å². The second kappa shape index (κ2) is 7.04. The van der Waals surface area contributed by atoms with E-state index >= 15 is 0 Å². The average Bonchev–Trinajstić information content (AvgIpc) is 3.26. The molecule has 1 saturated heterocycles. The highest BCUT2D eigenvalue weighted by molar-refractivity contribution is 6.02. The van der Waals surface area contributed by atoms with Gasteiger partial charge < -0.3 is 10.2 Å². The third kappa shape index (κ3) is 3.32. The topological polar surface area (TPSA) is 92.6 Å². The molecular weight excluding hydrogens is 348 g/mol. The molecule has 1 unspecified atom stereocenters. The Balaban J connectivity index is 1.49. The summed E-state index contributed by atoms with van der Waals surface area (Å²) in [6, 6.07) is 6.50. The van der Waals surface area contributed by atoms with Gasteiger partial charge in [0.25, 0.3) is 5.91 Å². The minimum absolute atomic E-state index is 0.187. The summed E-state index contributed by atoms with van der Waals surface area (Å²) in [4.78, 5) is 35.9. The molecule has 4 rings (SSSR count). The van der Waals surface area contributed by atoms with Crippen LogP contribution in [0.25, 0.3) is 5.70 Å². The summed E-state index contributed by atoms with van der Waals surface area (Å²) in [5.41, 5.74) is 1.07. The maximum absolute atomic E-state index is 12.3. The summed E-state index contributed by atoms with van der Waals surface area (Å²) < 4.78 is 1.61. The van der Waals surface area contributed by atoms with E-state index in [9.17, 15) is 9.59 Å². The van der Waals surface area contributed by atoms with Gasteiger partial charge in [-0.3, -0.25) is 9.63 Å². The van der Waals surface area contributed by atoms with E-state index in [4.69, 9.17) is 4.84 Å². The van der Waals surface area contributed by atoms with Gasteiger partial charge in [0, 0.05) is 18.9 Å². The van der Waals surface area contributed by atoms with Gasteiger partial charge in [-0.25, -0.2) is 14.5 Å². The Morgan fingerprint density at radius 1 is 1.41 bits per heavy atom. The molecule has 0 spiro atoms. The highest BCUT2D eigenvalue weighted by Crippen LogP contribution is 2.26. The molecular formula is C18H18N6O3. The molecule has 4 heterocycles. The van der Waals surface area contributed by atoms with Crippen LogP contribution in [-0.4, -0.2) is 62.4 Å². The van der Waals surface area contributed by atoms with Crippen LogP contribution in [0.15, 0.2) is 55.4 Å². The molecule has 9 heteroatoms. The number of nitrogens with zero attached hydrogens (tertiary/aromatic N) is 5. The maximum Gasteiger partial charge on any atom is 0.345 e. The molecule has 9 nitrogen and oxygen atoms in total. The highest BCUT2D eigenvalue weighted by Gasteiger charge is 2.41. The predicted molar refractivity (Wildman–Crippen MR) is 97.4 cm³/mol. The molecule has 0 aromatic carbocycles. The summed E-state index contributed by atoms with van der Waals surface area (Å²) in [7, 11) is 0. The van der Waals surface area contributed by atoms with Gasteiger partial charge in [0.05, 0.1) is 24.9 Å². The molecule has 1 fully saturated rings. The SMILES string of the molecule is C=CCON1C(=O)N2CC(n3ccc(C(=O)Nc4ccccn4)n3)=CC1C2. The lowest BCUT2D eigenvalue weighted by Gasteiger charge is -2.21. The number of nitrogens with one attached hydrogen (secondary N) is 1. The predicted octanol–water partition coefficient (Wildman–Crippen LogP) is 1.61. The maximum atomic E-state index is 12.3. The number of hydrogen-bond acceptors (Lipinski definition) is 5. The van der Waals surface area contributed by atoms with Crippen LogP contribution in [0.1, 0.15) is 10.5 Å². The first-order valence-electron chi connectivity index (χ1n) is 8.47. The van der Waals surface area contributed by atoms with Gasteiger partial charge in [-0.05, 0) is 24.3 Å². The van der Waals surface area contributed by atoms with E-state index in [-0.39, 0.29) is 30.3 Å². The fraction of sp³-hybridized carbons (Fsp3) is 0.222. The minimum atomic E-state index is -0.348. The molecule has 0 aliphatic carbocycles. The Hall–Kier alpha value is -3.46. The van der Waals surface area contributed by atoms with Gasteiger partial charge in [-0.15, -0.1) is 6.58 Å². The zero-order valence-corrected chi connectivity index (χ0v) is 14.5. The van der Waals surface area contributed by atoms with Crippen LogP contribution in [0.4, 0.5) is 10.6 Å². The number of rotatable bonds is 6. The Kier molecular flexibility index (Phi) is 4.43. The van der Waals surface area contributed by atoms with Gasteiger partial charge in [-0.1, -0.05) is 12.1 Å². The fourth-order valence-corrected chi connectivity index (χ4v) is 3.04. The number of pyridine rings is 1. The first-order chi connectivity index (χ1) is 13.2. The molecule has 2 aromatic rings. The zero-order chi connectivity index (χ0) is 18.8. The molecule has 2 aromatic heterocycles. The monoisotopic (exact) mass is 366 g/mol. The number of carbonyl (C=O) groups excluding carboxylic acids is 2. The van der Waals surface area contributed by atoms with Crippen molar-refractivity contribution in [1.29, 1.82) is 0 Å². The molecule has 27 heavy (non-hydrogen) atoms. The lowest BCUT2D eigenvalue weighted by atomic mass is 10.2. The van der Waals surface area contributed by atoms with Gasteiger partial charge >= 0.3 is 6.03 Å². The first kappa shape index (κ1) is 17.0. The van der Waals surface area contributed by atoms with Gasteiger partial charge in [0.1, 0.15) is 5.82 Å². The van der Waals surface area contributed by atoms with Crippen LogP contribution < -0.4 is 5.32 Å².